The minimum absolute atomic E-state index is 0.280. The summed E-state index contributed by atoms with van der Waals surface area (Å²) in [5.41, 5.74) is 2.86. The maximum absolute atomic E-state index is 11.9. The van der Waals surface area contributed by atoms with E-state index in [1.165, 1.54) is 14.2 Å². The molecule has 4 heteroatoms. The largest absolute Gasteiger partial charge is 0.496 e. The predicted octanol–water partition coefficient (Wildman–Crippen LogP) is 1.98. The molecule has 0 bridgehead atoms. The summed E-state index contributed by atoms with van der Waals surface area (Å²) in [5.74, 6) is -1.11. The lowest BCUT2D eigenvalue weighted by Crippen LogP contribution is -2.18. The number of rotatable bonds is 3. The Balaban J connectivity index is 3.47. The Morgan fingerprint density at radius 2 is 1.65 bits per heavy atom. The lowest BCUT2D eigenvalue weighted by atomic mass is 9.96. The third-order valence-corrected chi connectivity index (χ3v) is 2.79. The van der Waals surface area contributed by atoms with Crippen LogP contribution in [0.15, 0.2) is 6.07 Å². The molecule has 1 aromatic carbocycles. The first kappa shape index (κ1) is 13.2. The van der Waals surface area contributed by atoms with Gasteiger partial charge in [0.1, 0.15) is 5.75 Å². The highest BCUT2D eigenvalue weighted by molar-refractivity contribution is 6.41. The smallest absolute Gasteiger partial charge is 0.379 e. The van der Waals surface area contributed by atoms with E-state index in [4.69, 9.17) is 4.74 Å². The number of hydrogen-bond donors (Lipinski definition) is 0. The third kappa shape index (κ3) is 2.30. The van der Waals surface area contributed by atoms with E-state index in [-0.39, 0.29) is 5.56 Å². The van der Waals surface area contributed by atoms with Gasteiger partial charge in [0.2, 0.25) is 0 Å². The van der Waals surface area contributed by atoms with Gasteiger partial charge in [0.05, 0.1) is 19.8 Å². The second kappa shape index (κ2) is 4.99. The molecule has 0 N–H and O–H groups in total. The quantitative estimate of drug-likeness (QED) is 0.457. The number of esters is 1. The van der Waals surface area contributed by atoms with Crippen molar-refractivity contribution in [2.24, 2.45) is 0 Å². The molecule has 1 rings (SSSR count). The van der Waals surface area contributed by atoms with Crippen LogP contribution in [0.4, 0.5) is 0 Å². The summed E-state index contributed by atoms with van der Waals surface area (Å²) in [5, 5.41) is 0. The highest BCUT2D eigenvalue weighted by Gasteiger charge is 2.25. The molecule has 17 heavy (non-hydrogen) atoms. The van der Waals surface area contributed by atoms with Gasteiger partial charge >= 0.3 is 5.97 Å². The van der Waals surface area contributed by atoms with Gasteiger partial charge in [0, 0.05) is 0 Å². The van der Waals surface area contributed by atoms with Crippen molar-refractivity contribution < 1.29 is 19.1 Å². The molecule has 0 aliphatic carbocycles. The molecule has 0 saturated carbocycles. The zero-order valence-electron chi connectivity index (χ0n) is 10.7. The van der Waals surface area contributed by atoms with Crippen molar-refractivity contribution >= 4 is 11.8 Å². The number of methoxy groups -OCH3 is 2. The lowest BCUT2D eigenvalue weighted by Gasteiger charge is -2.14. The van der Waals surface area contributed by atoms with Crippen molar-refractivity contribution in [3.8, 4) is 5.75 Å². The van der Waals surface area contributed by atoms with E-state index in [2.05, 4.69) is 4.74 Å². The summed E-state index contributed by atoms with van der Waals surface area (Å²) in [6.45, 7) is 5.55. The van der Waals surface area contributed by atoms with Crippen LogP contribution in [0.5, 0.6) is 5.75 Å². The van der Waals surface area contributed by atoms with E-state index in [0.29, 0.717) is 11.3 Å². The first-order valence-electron chi connectivity index (χ1n) is 5.21. The fourth-order valence-corrected chi connectivity index (χ4v) is 1.78. The second-order valence-electron chi connectivity index (χ2n) is 3.86. The van der Waals surface area contributed by atoms with Crippen LogP contribution in [0.1, 0.15) is 27.0 Å². The van der Waals surface area contributed by atoms with Crippen LogP contribution in [-0.4, -0.2) is 26.0 Å². The van der Waals surface area contributed by atoms with Gasteiger partial charge in [-0.15, -0.1) is 0 Å². The topological polar surface area (TPSA) is 52.6 Å². The van der Waals surface area contributed by atoms with Gasteiger partial charge < -0.3 is 9.47 Å². The molecular formula is C13H16O4. The Kier molecular flexibility index (Phi) is 3.89. The summed E-state index contributed by atoms with van der Waals surface area (Å²) in [7, 11) is 2.67. The van der Waals surface area contributed by atoms with Crippen LogP contribution in [0.25, 0.3) is 0 Å². The van der Waals surface area contributed by atoms with E-state index >= 15 is 0 Å². The summed E-state index contributed by atoms with van der Waals surface area (Å²) in [6, 6.07) is 1.86. The van der Waals surface area contributed by atoms with Crippen LogP contribution in [0.3, 0.4) is 0 Å². The van der Waals surface area contributed by atoms with Crippen molar-refractivity contribution in [2.45, 2.75) is 20.8 Å². The molecule has 0 heterocycles. The highest BCUT2D eigenvalue weighted by Crippen LogP contribution is 2.29. The van der Waals surface area contributed by atoms with Crippen LogP contribution < -0.4 is 4.74 Å². The molecule has 0 fully saturated rings. The van der Waals surface area contributed by atoms with Crippen molar-refractivity contribution in [1.29, 1.82) is 0 Å². The van der Waals surface area contributed by atoms with Crippen LogP contribution in [0, 0.1) is 20.8 Å². The molecule has 0 aliphatic heterocycles. The summed E-state index contributed by atoms with van der Waals surface area (Å²) < 4.78 is 9.67. The lowest BCUT2D eigenvalue weighted by molar-refractivity contribution is -0.135. The van der Waals surface area contributed by atoms with Crippen LogP contribution in [-0.2, 0) is 9.53 Å². The fourth-order valence-electron chi connectivity index (χ4n) is 1.78. The van der Waals surface area contributed by atoms with Gasteiger partial charge in [-0.2, -0.15) is 0 Å². The Bertz CT molecular complexity index is 475. The van der Waals surface area contributed by atoms with Gasteiger partial charge in [0.15, 0.2) is 0 Å². The highest BCUT2D eigenvalue weighted by atomic mass is 16.5. The second-order valence-corrected chi connectivity index (χ2v) is 3.86. The van der Waals surface area contributed by atoms with Crippen LogP contribution in [0.2, 0.25) is 0 Å². The molecule has 0 aromatic heterocycles. The molecule has 0 amide bonds. The van der Waals surface area contributed by atoms with Gasteiger partial charge in [-0.25, -0.2) is 4.79 Å². The van der Waals surface area contributed by atoms with Gasteiger partial charge in [-0.3, -0.25) is 4.79 Å². The minimum atomic E-state index is -0.880. The standard InChI is InChI=1S/C13H16O4/c1-7-6-8(2)10(11(14)13(15)17-5)12(16-4)9(7)3/h6H,1-5H3. The normalized spacial score (nSPS) is 9.94. The molecule has 1 aromatic rings. The maximum Gasteiger partial charge on any atom is 0.379 e. The Morgan fingerprint density at radius 1 is 1.06 bits per heavy atom. The molecule has 0 unspecified atom stereocenters. The minimum Gasteiger partial charge on any atom is -0.496 e. The van der Waals surface area contributed by atoms with Crippen molar-refractivity contribution in [3.05, 3.63) is 28.3 Å². The van der Waals surface area contributed by atoms with Gasteiger partial charge in [0.25, 0.3) is 5.78 Å². The molecule has 92 valence electrons. The zero-order valence-corrected chi connectivity index (χ0v) is 10.7. The molecular weight excluding hydrogens is 220 g/mol. The number of hydrogen-bond acceptors (Lipinski definition) is 4. The van der Waals surface area contributed by atoms with Gasteiger partial charge in [-0.1, -0.05) is 6.07 Å². The summed E-state index contributed by atoms with van der Waals surface area (Å²) in [6.07, 6.45) is 0. The Labute approximate surface area is 101 Å². The molecule has 0 radical (unpaired) electrons. The average Bonchev–Trinajstić information content (AvgIpc) is 2.31. The van der Waals surface area contributed by atoms with E-state index in [9.17, 15) is 9.59 Å². The fraction of sp³-hybridized carbons (Fsp3) is 0.385. The molecule has 0 saturated heterocycles. The Hall–Kier alpha value is -1.84. The average molecular weight is 236 g/mol. The van der Waals surface area contributed by atoms with E-state index in [1.54, 1.807) is 6.92 Å². The van der Waals surface area contributed by atoms with Crippen LogP contribution >= 0.6 is 0 Å². The number of ketones is 1. The first-order valence-corrected chi connectivity index (χ1v) is 5.21. The predicted molar refractivity (Wildman–Crippen MR) is 63.6 cm³/mol. The molecule has 4 nitrogen and oxygen atoms in total. The molecule has 0 spiro atoms. The molecule has 0 aliphatic rings. The number of Topliss-reactive ketones (excluding diaryl/α,β-unsaturated/α-hetero) is 1. The zero-order chi connectivity index (χ0) is 13.2. The maximum atomic E-state index is 11.9. The van der Waals surface area contributed by atoms with Crippen molar-refractivity contribution in [1.82, 2.24) is 0 Å². The summed E-state index contributed by atoms with van der Waals surface area (Å²) >= 11 is 0. The number of benzene rings is 1. The summed E-state index contributed by atoms with van der Waals surface area (Å²) in [4.78, 5) is 23.2. The number of aryl methyl sites for hydroxylation is 2. The van der Waals surface area contributed by atoms with E-state index < -0.39 is 11.8 Å². The van der Waals surface area contributed by atoms with E-state index in [0.717, 1.165) is 11.1 Å². The number of carbonyl (C=O) groups is 2. The van der Waals surface area contributed by atoms with E-state index in [1.807, 2.05) is 19.9 Å². The van der Waals surface area contributed by atoms with Crippen molar-refractivity contribution in [3.63, 3.8) is 0 Å². The Morgan fingerprint density at radius 3 is 2.12 bits per heavy atom. The third-order valence-electron chi connectivity index (χ3n) is 2.79. The van der Waals surface area contributed by atoms with Gasteiger partial charge in [-0.05, 0) is 37.5 Å². The number of carbonyl (C=O) groups excluding carboxylic acids is 2. The SMILES string of the molecule is COC(=O)C(=O)c1c(C)cc(C)c(C)c1OC. The number of ether oxygens (including phenoxy) is 2. The van der Waals surface area contributed by atoms with Crippen molar-refractivity contribution in [2.75, 3.05) is 14.2 Å². The first-order chi connectivity index (χ1) is 7.93. The monoisotopic (exact) mass is 236 g/mol. The molecule has 0 atom stereocenters.